The van der Waals surface area contributed by atoms with Crippen LogP contribution in [0.4, 0.5) is 0 Å². The van der Waals surface area contributed by atoms with Gasteiger partial charge in [-0.05, 0) is 16.9 Å². The van der Waals surface area contributed by atoms with Crippen LogP contribution in [0.15, 0.2) is 60.7 Å². The average Bonchev–Trinajstić information content (AvgIpc) is 2.47. The van der Waals surface area contributed by atoms with Gasteiger partial charge >= 0.3 is 0 Å². The van der Waals surface area contributed by atoms with Crippen LogP contribution in [0.1, 0.15) is 23.3 Å². The summed E-state index contributed by atoms with van der Waals surface area (Å²) in [6.07, 6.45) is 0. The van der Waals surface area contributed by atoms with Crippen LogP contribution < -0.4 is 0 Å². The maximum absolute atomic E-state index is 8.36. The van der Waals surface area contributed by atoms with Crippen LogP contribution in [0.3, 0.4) is 0 Å². The van der Waals surface area contributed by atoms with Crippen LogP contribution in [0.25, 0.3) is 0 Å². The Balaban J connectivity index is 0.000000550. The van der Waals surface area contributed by atoms with Gasteiger partial charge in [-0.25, -0.2) is 0 Å². The molecule has 2 aromatic rings. The predicted octanol–water partition coefficient (Wildman–Crippen LogP) is 4.23. The molecule has 2 aromatic carbocycles. The Labute approximate surface area is 118 Å². The van der Waals surface area contributed by atoms with E-state index >= 15 is 0 Å². The fourth-order valence-electron chi connectivity index (χ4n) is 1.81. The lowest BCUT2D eigenvalue weighted by molar-refractivity contribution is -0.122. The molecule has 0 heterocycles. The highest BCUT2D eigenvalue weighted by Crippen LogP contribution is 2.34. The van der Waals surface area contributed by atoms with E-state index in [9.17, 15) is 0 Å². The number of benzene rings is 2. The number of rotatable bonds is 4. The molecular weight excluding hydrogens is 256 g/mol. The summed E-state index contributed by atoms with van der Waals surface area (Å²) in [5, 5.41) is 7.35. The zero-order valence-electron chi connectivity index (χ0n) is 10.9. The van der Waals surface area contributed by atoms with Crippen molar-refractivity contribution in [1.29, 1.82) is 0 Å². The second-order valence-corrected chi connectivity index (χ2v) is 5.14. The lowest BCUT2D eigenvalue weighted by atomic mass is 10.0. The molecule has 0 saturated carbocycles. The van der Waals surface area contributed by atoms with Gasteiger partial charge in [0.2, 0.25) is 0 Å². The lowest BCUT2D eigenvalue weighted by Crippen LogP contribution is -1.96. The Morgan fingerprint density at radius 1 is 1.00 bits per heavy atom. The van der Waals surface area contributed by atoms with Crippen LogP contribution >= 0.6 is 11.8 Å². The summed E-state index contributed by atoms with van der Waals surface area (Å²) in [5.41, 5.74) is 2.78. The van der Waals surface area contributed by atoms with Crippen molar-refractivity contribution in [2.75, 3.05) is 5.75 Å². The third-order valence-corrected chi connectivity index (χ3v) is 3.75. The fourth-order valence-corrected chi connectivity index (χ4v) is 2.84. The summed E-state index contributed by atoms with van der Waals surface area (Å²) in [6.45, 7) is 1.96. The van der Waals surface area contributed by atoms with Gasteiger partial charge in [-0.3, -0.25) is 4.79 Å². The van der Waals surface area contributed by atoms with Crippen LogP contribution in [0.2, 0.25) is 0 Å². The quantitative estimate of drug-likeness (QED) is 0.848. The Kier molecular flexibility index (Phi) is 7.44. The van der Waals surface area contributed by atoms with E-state index in [0.29, 0.717) is 5.25 Å². The van der Waals surface area contributed by atoms with Crippen molar-refractivity contribution in [1.82, 2.24) is 0 Å². The van der Waals surface area contributed by atoms with E-state index < -0.39 is 0 Å². The highest BCUT2D eigenvalue weighted by molar-refractivity contribution is 7.99. The first-order chi connectivity index (χ1) is 9.33. The Hall–Kier alpha value is -1.74. The van der Waals surface area contributed by atoms with Crippen molar-refractivity contribution in [3.05, 3.63) is 71.8 Å². The number of hydrogen-bond acceptors (Lipinski definition) is 2. The predicted molar refractivity (Wildman–Crippen MR) is 81.6 cm³/mol. The molecular formula is C16H18O2S. The third kappa shape index (κ3) is 5.18. The number of carboxylic acid groups (broad SMARTS) is 1. The van der Waals surface area contributed by atoms with Crippen molar-refractivity contribution in [3.63, 3.8) is 0 Å². The molecule has 0 aliphatic rings. The second-order valence-electron chi connectivity index (χ2n) is 3.76. The lowest BCUT2D eigenvalue weighted by Gasteiger charge is -2.16. The summed E-state index contributed by atoms with van der Waals surface area (Å²) in [5.74, 6) is 1.13. The molecule has 0 aliphatic carbocycles. The van der Waals surface area contributed by atoms with Gasteiger partial charge in [-0.1, -0.05) is 67.6 Å². The zero-order valence-corrected chi connectivity index (χ0v) is 11.7. The fraction of sp³-hybridized carbons (Fsp3) is 0.188. The van der Waals surface area contributed by atoms with E-state index in [2.05, 4.69) is 67.6 Å². The first-order valence-corrected chi connectivity index (χ1v) is 7.17. The van der Waals surface area contributed by atoms with Gasteiger partial charge in [0.05, 0.1) is 5.25 Å². The molecule has 3 heteroatoms. The largest absolute Gasteiger partial charge is 0.483 e. The van der Waals surface area contributed by atoms with Crippen molar-refractivity contribution < 1.29 is 9.90 Å². The number of hydrogen-bond donors (Lipinski definition) is 1. The Morgan fingerprint density at radius 3 is 1.68 bits per heavy atom. The maximum atomic E-state index is 8.36. The molecule has 1 N–H and O–H groups in total. The minimum atomic E-state index is -0.250. The molecule has 0 unspecified atom stereocenters. The second kappa shape index (κ2) is 9.22. The first-order valence-electron chi connectivity index (χ1n) is 6.12. The highest BCUT2D eigenvalue weighted by Gasteiger charge is 2.12. The van der Waals surface area contributed by atoms with Gasteiger partial charge in [-0.2, -0.15) is 0 Å². The molecule has 2 rings (SSSR count). The average molecular weight is 274 g/mol. The van der Waals surface area contributed by atoms with E-state index in [4.69, 9.17) is 9.90 Å². The molecule has 0 spiro atoms. The highest BCUT2D eigenvalue weighted by atomic mass is 32.2. The smallest absolute Gasteiger partial charge is 0.290 e. The minimum absolute atomic E-state index is 0.250. The number of thioether (sulfide) groups is 1. The van der Waals surface area contributed by atoms with Gasteiger partial charge in [0.15, 0.2) is 0 Å². The summed E-state index contributed by atoms with van der Waals surface area (Å²) < 4.78 is 0. The minimum Gasteiger partial charge on any atom is -0.483 e. The van der Waals surface area contributed by atoms with Crippen molar-refractivity contribution in [2.45, 2.75) is 12.2 Å². The van der Waals surface area contributed by atoms with Gasteiger partial charge in [-0.15, -0.1) is 11.8 Å². The summed E-state index contributed by atoms with van der Waals surface area (Å²) >= 11 is 1.98. The van der Waals surface area contributed by atoms with E-state index in [1.807, 2.05) is 11.8 Å². The van der Waals surface area contributed by atoms with Gasteiger partial charge in [0.25, 0.3) is 6.47 Å². The Morgan fingerprint density at radius 2 is 1.37 bits per heavy atom. The zero-order chi connectivity index (χ0) is 13.9. The molecule has 0 aromatic heterocycles. The molecule has 0 radical (unpaired) electrons. The SMILES string of the molecule is CCSC(c1ccccc1)c1ccccc1.O=CO. The first kappa shape index (κ1) is 15.3. The maximum Gasteiger partial charge on any atom is 0.290 e. The summed E-state index contributed by atoms with van der Waals surface area (Å²) in [4.78, 5) is 8.36. The van der Waals surface area contributed by atoms with Gasteiger partial charge < -0.3 is 5.11 Å². The van der Waals surface area contributed by atoms with Crippen LogP contribution in [-0.2, 0) is 4.79 Å². The Bertz CT molecular complexity index is 417. The van der Waals surface area contributed by atoms with Crippen molar-refractivity contribution in [3.8, 4) is 0 Å². The standard InChI is InChI=1S/C15H16S.CH2O2/c1-2-16-15(13-9-5-3-6-10-13)14-11-7-4-8-12-14;2-1-3/h3-12,15H,2H2,1H3;1H,(H,2,3). The molecule has 0 aliphatic heterocycles. The van der Waals surface area contributed by atoms with E-state index in [0.717, 1.165) is 5.75 Å². The third-order valence-electron chi connectivity index (χ3n) is 2.54. The molecule has 0 atom stereocenters. The molecule has 0 saturated heterocycles. The molecule has 0 amide bonds. The topological polar surface area (TPSA) is 37.3 Å². The van der Waals surface area contributed by atoms with Gasteiger partial charge in [0, 0.05) is 0 Å². The van der Waals surface area contributed by atoms with Crippen molar-refractivity contribution in [2.24, 2.45) is 0 Å². The summed E-state index contributed by atoms with van der Waals surface area (Å²) in [7, 11) is 0. The van der Waals surface area contributed by atoms with E-state index in [1.165, 1.54) is 11.1 Å². The van der Waals surface area contributed by atoms with Gasteiger partial charge in [0.1, 0.15) is 0 Å². The van der Waals surface area contributed by atoms with Crippen LogP contribution in [0, 0.1) is 0 Å². The molecule has 2 nitrogen and oxygen atoms in total. The number of carbonyl (C=O) groups is 1. The molecule has 100 valence electrons. The van der Waals surface area contributed by atoms with Crippen molar-refractivity contribution >= 4 is 18.2 Å². The van der Waals surface area contributed by atoms with E-state index in [1.54, 1.807) is 0 Å². The molecule has 0 bridgehead atoms. The molecule has 0 fully saturated rings. The normalized spacial score (nSPS) is 9.58. The summed E-state index contributed by atoms with van der Waals surface area (Å²) in [6, 6.07) is 21.4. The van der Waals surface area contributed by atoms with Crippen LogP contribution in [-0.4, -0.2) is 17.3 Å². The van der Waals surface area contributed by atoms with E-state index in [-0.39, 0.29) is 6.47 Å². The van der Waals surface area contributed by atoms with Crippen LogP contribution in [0.5, 0.6) is 0 Å². The monoisotopic (exact) mass is 274 g/mol. The molecule has 19 heavy (non-hydrogen) atoms.